The summed E-state index contributed by atoms with van der Waals surface area (Å²) in [6.07, 6.45) is 2.78. The number of carbonyl (C=O) groups is 2. The van der Waals surface area contributed by atoms with Crippen LogP contribution < -0.4 is 0 Å². The van der Waals surface area contributed by atoms with Gasteiger partial charge in [-0.3, -0.25) is 4.79 Å². The number of amides is 1. The van der Waals surface area contributed by atoms with Crippen molar-refractivity contribution in [1.82, 2.24) is 9.47 Å². The fourth-order valence-electron chi connectivity index (χ4n) is 2.86. The number of aromatic carboxylic acids is 1. The van der Waals surface area contributed by atoms with Crippen LogP contribution in [0.25, 0.3) is 0 Å². The predicted molar refractivity (Wildman–Crippen MR) is 70.9 cm³/mol. The van der Waals surface area contributed by atoms with E-state index < -0.39 is 5.97 Å². The number of piperidine rings is 1. The molecular weight excluding hydrogens is 244 g/mol. The van der Waals surface area contributed by atoms with Crippen LogP contribution >= 0.6 is 0 Å². The van der Waals surface area contributed by atoms with Crippen molar-refractivity contribution in [3.63, 3.8) is 0 Å². The van der Waals surface area contributed by atoms with Gasteiger partial charge in [-0.05, 0) is 30.4 Å². The molecule has 0 spiro atoms. The highest BCUT2D eigenvalue weighted by molar-refractivity contribution is 5.86. The summed E-state index contributed by atoms with van der Waals surface area (Å²) in [5.41, 5.74) is 0.159. The Morgan fingerprint density at radius 2 is 1.95 bits per heavy atom. The van der Waals surface area contributed by atoms with Gasteiger partial charge in [0, 0.05) is 19.3 Å². The van der Waals surface area contributed by atoms with Crippen LogP contribution in [-0.4, -0.2) is 39.5 Å². The first-order valence-electron chi connectivity index (χ1n) is 6.63. The van der Waals surface area contributed by atoms with E-state index in [2.05, 4.69) is 13.8 Å². The molecule has 5 heteroatoms. The first-order chi connectivity index (χ1) is 8.97. The summed E-state index contributed by atoms with van der Waals surface area (Å²) >= 11 is 0. The third-order valence-corrected chi connectivity index (χ3v) is 3.58. The Hall–Kier alpha value is -1.78. The highest BCUT2D eigenvalue weighted by Crippen LogP contribution is 2.21. The van der Waals surface area contributed by atoms with Gasteiger partial charge in [0.2, 0.25) is 5.91 Å². The molecule has 2 unspecified atom stereocenters. The summed E-state index contributed by atoms with van der Waals surface area (Å²) in [5, 5.41) is 9.02. The van der Waals surface area contributed by atoms with Crippen molar-refractivity contribution >= 4 is 11.9 Å². The van der Waals surface area contributed by atoms with Crippen LogP contribution in [0.15, 0.2) is 18.3 Å². The monoisotopic (exact) mass is 264 g/mol. The van der Waals surface area contributed by atoms with Crippen molar-refractivity contribution in [1.29, 1.82) is 0 Å². The van der Waals surface area contributed by atoms with Crippen molar-refractivity contribution in [2.45, 2.75) is 26.8 Å². The van der Waals surface area contributed by atoms with Gasteiger partial charge in [0.15, 0.2) is 0 Å². The number of nitrogens with zero attached hydrogens (tertiary/aromatic N) is 2. The third kappa shape index (κ3) is 3.16. The van der Waals surface area contributed by atoms with Crippen molar-refractivity contribution < 1.29 is 14.7 Å². The normalized spacial score (nSPS) is 23.4. The fraction of sp³-hybridized carbons (Fsp3) is 0.571. The van der Waals surface area contributed by atoms with Gasteiger partial charge in [-0.25, -0.2) is 4.79 Å². The number of carboxylic acid groups (broad SMARTS) is 1. The lowest BCUT2D eigenvalue weighted by molar-refractivity contribution is -0.134. The van der Waals surface area contributed by atoms with E-state index in [0.29, 0.717) is 11.8 Å². The maximum absolute atomic E-state index is 12.2. The molecule has 1 aromatic heterocycles. The van der Waals surface area contributed by atoms with Crippen LogP contribution in [-0.2, 0) is 11.3 Å². The molecule has 5 nitrogen and oxygen atoms in total. The van der Waals surface area contributed by atoms with E-state index in [1.54, 1.807) is 12.3 Å². The summed E-state index contributed by atoms with van der Waals surface area (Å²) in [7, 11) is 0. The van der Waals surface area contributed by atoms with Gasteiger partial charge in [-0.15, -0.1) is 0 Å². The maximum Gasteiger partial charge on any atom is 0.352 e. The van der Waals surface area contributed by atoms with E-state index in [-0.39, 0.29) is 18.1 Å². The topological polar surface area (TPSA) is 62.5 Å². The maximum atomic E-state index is 12.2. The molecule has 2 heterocycles. The second-order valence-electron chi connectivity index (χ2n) is 5.57. The standard InChI is InChI=1S/C14H20N2O3/c1-10-6-11(2)8-16(7-10)13(17)9-15-5-3-4-12(15)14(18)19/h3-5,10-11H,6-9H2,1-2H3,(H,18,19). The predicted octanol–water partition coefficient (Wildman–Crippen LogP) is 1.69. The van der Waals surface area contributed by atoms with E-state index in [9.17, 15) is 9.59 Å². The van der Waals surface area contributed by atoms with Gasteiger partial charge in [-0.2, -0.15) is 0 Å². The van der Waals surface area contributed by atoms with E-state index >= 15 is 0 Å². The van der Waals surface area contributed by atoms with Gasteiger partial charge in [0.1, 0.15) is 12.2 Å². The van der Waals surface area contributed by atoms with E-state index in [1.807, 2.05) is 4.90 Å². The van der Waals surface area contributed by atoms with E-state index in [0.717, 1.165) is 19.5 Å². The summed E-state index contributed by atoms with van der Waals surface area (Å²) in [4.78, 5) is 25.1. The number of rotatable bonds is 3. The Balaban J connectivity index is 2.04. The smallest absolute Gasteiger partial charge is 0.352 e. The molecule has 1 aliphatic rings. The van der Waals surface area contributed by atoms with Crippen LogP contribution in [0, 0.1) is 11.8 Å². The van der Waals surface area contributed by atoms with E-state index in [4.69, 9.17) is 5.11 Å². The molecule has 2 atom stereocenters. The molecule has 0 aliphatic carbocycles. The first kappa shape index (κ1) is 13.6. The number of aromatic nitrogens is 1. The minimum atomic E-state index is -1.00. The quantitative estimate of drug-likeness (QED) is 0.903. The van der Waals surface area contributed by atoms with Crippen molar-refractivity contribution in [3.05, 3.63) is 24.0 Å². The molecular formula is C14H20N2O3. The van der Waals surface area contributed by atoms with Crippen LogP contribution in [0.1, 0.15) is 30.8 Å². The zero-order chi connectivity index (χ0) is 14.0. The van der Waals surface area contributed by atoms with Crippen LogP contribution in [0.3, 0.4) is 0 Å². The molecule has 2 rings (SSSR count). The van der Waals surface area contributed by atoms with Gasteiger partial charge in [0.25, 0.3) is 0 Å². The van der Waals surface area contributed by atoms with Gasteiger partial charge < -0.3 is 14.6 Å². The average molecular weight is 264 g/mol. The van der Waals surface area contributed by atoms with Crippen molar-refractivity contribution in [2.75, 3.05) is 13.1 Å². The fourth-order valence-corrected chi connectivity index (χ4v) is 2.86. The van der Waals surface area contributed by atoms with Crippen molar-refractivity contribution in [2.24, 2.45) is 11.8 Å². The molecule has 1 fully saturated rings. The lowest BCUT2D eigenvalue weighted by Crippen LogP contribution is -2.44. The minimum Gasteiger partial charge on any atom is -0.477 e. The zero-order valence-corrected chi connectivity index (χ0v) is 11.4. The Kier molecular flexibility index (Phi) is 3.93. The molecule has 0 saturated carbocycles. The summed E-state index contributed by atoms with van der Waals surface area (Å²) < 4.78 is 1.49. The SMILES string of the molecule is CC1CC(C)CN(C(=O)Cn2cccc2C(=O)O)C1. The Labute approximate surface area is 112 Å². The van der Waals surface area contributed by atoms with Crippen molar-refractivity contribution in [3.8, 4) is 0 Å². The lowest BCUT2D eigenvalue weighted by atomic mass is 9.92. The lowest BCUT2D eigenvalue weighted by Gasteiger charge is -2.35. The van der Waals surface area contributed by atoms with Gasteiger partial charge >= 0.3 is 5.97 Å². The summed E-state index contributed by atoms with van der Waals surface area (Å²) in [6.45, 7) is 5.94. The number of likely N-dealkylation sites (tertiary alicyclic amines) is 1. The second-order valence-corrected chi connectivity index (χ2v) is 5.57. The third-order valence-electron chi connectivity index (χ3n) is 3.58. The van der Waals surface area contributed by atoms with Crippen LogP contribution in [0.2, 0.25) is 0 Å². The van der Waals surface area contributed by atoms with E-state index in [1.165, 1.54) is 10.6 Å². The molecule has 1 aliphatic heterocycles. The van der Waals surface area contributed by atoms with Gasteiger partial charge in [-0.1, -0.05) is 13.8 Å². The summed E-state index contributed by atoms with van der Waals surface area (Å²) in [5.74, 6) is 0.0166. The highest BCUT2D eigenvalue weighted by atomic mass is 16.4. The Bertz CT molecular complexity index is 471. The molecule has 1 aromatic rings. The van der Waals surface area contributed by atoms with Gasteiger partial charge in [0.05, 0.1) is 0 Å². The first-order valence-corrected chi connectivity index (χ1v) is 6.63. The largest absolute Gasteiger partial charge is 0.477 e. The molecule has 104 valence electrons. The number of hydrogen-bond donors (Lipinski definition) is 1. The van der Waals surface area contributed by atoms with Crippen LogP contribution in [0.5, 0.6) is 0 Å². The Morgan fingerprint density at radius 3 is 2.53 bits per heavy atom. The number of hydrogen-bond acceptors (Lipinski definition) is 2. The molecule has 0 radical (unpaired) electrons. The summed E-state index contributed by atoms with van der Waals surface area (Å²) in [6, 6.07) is 3.16. The Morgan fingerprint density at radius 1 is 1.32 bits per heavy atom. The highest BCUT2D eigenvalue weighted by Gasteiger charge is 2.25. The molecule has 19 heavy (non-hydrogen) atoms. The molecule has 0 aromatic carbocycles. The average Bonchev–Trinajstić information content (AvgIpc) is 2.75. The molecule has 1 saturated heterocycles. The number of carbonyl (C=O) groups excluding carboxylic acids is 1. The molecule has 1 N–H and O–H groups in total. The second kappa shape index (κ2) is 5.47. The molecule has 0 bridgehead atoms. The van der Waals surface area contributed by atoms with Crippen LogP contribution in [0.4, 0.5) is 0 Å². The molecule has 1 amide bonds. The number of carboxylic acids is 1. The minimum absolute atomic E-state index is 0.00269. The zero-order valence-electron chi connectivity index (χ0n) is 11.4.